The summed E-state index contributed by atoms with van der Waals surface area (Å²) in [5.41, 5.74) is 1.46. The van der Waals surface area contributed by atoms with Crippen molar-refractivity contribution in [2.45, 2.75) is 25.2 Å². The van der Waals surface area contributed by atoms with Crippen LogP contribution in [0.3, 0.4) is 0 Å². The molecule has 0 bridgehead atoms. The van der Waals surface area contributed by atoms with Crippen LogP contribution in [0.1, 0.15) is 24.1 Å². The van der Waals surface area contributed by atoms with Gasteiger partial charge in [0.05, 0.1) is 11.1 Å². The summed E-state index contributed by atoms with van der Waals surface area (Å²) >= 11 is 0. The molecule has 1 aliphatic rings. The van der Waals surface area contributed by atoms with Crippen molar-refractivity contribution in [3.8, 4) is 0 Å². The number of nitrogens with zero attached hydrogens (tertiary/aromatic N) is 1. The Balaban J connectivity index is 2.29. The van der Waals surface area contributed by atoms with Gasteiger partial charge in [-0.15, -0.1) is 0 Å². The van der Waals surface area contributed by atoms with E-state index in [4.69, 9.17) is 4.52 Å². The monoisotopic (exact) mass is 217 g/mol. The van der Waals surface area contributed by atoms with Gasteiger partial charge in [-0.3, -0.25) is 4.79 Å². The fourth-order valence-corrected chi connectivity index (χ4v) is 2.18. The molecule has 1 fully saturated rings. The second kappa shape index (κ2) is 2.84. The molecule has 4 heteroatoms. The molecule has 4 nitrogen and oxygen atoms in total. The number of hydrogen-bond donors (Lipinski definition) is 1. The molecule has 1 aliphatic carbocycles. The Hall–Kier alpha value is -1.84. The number of aromatic nitrogens is 1. The third-order valence-corrected chi connectivity index (χ3v) is 3.35. The maximum atomic E-state index is 11.3. The molecule has 2 aromatic rings. The van der Waals surface area contributed by atoms with Gasteiger partial charge in [0.2, 0.25) is 0 Å². The molecule has 1 aromatic carbocycles. The maximum Gasteiger partial charge on any atom is 0.314 e. The molecule has 0 aliphatic heterocycles. The molecule has 16 heavy (non-hydrogen) atoms. The van der Waals surface area contributed by atoms with Crippen molar-refractivity contribution in [3.63, 3.8) is 0 Å². The van der Waals surface area contributed by atoms with Gasteiger partial charge in [-0.05, 0) is 25.8 Å². The maximum absolute atomic E-state index is 11.3. The fourth-order valence-electron chi connectivity index (χ4n) is 2.18. The molecule has 0 spiro atoms. The first-order valence-electron chi connectivity index (χ1n) is 5.24. The molecular weight excluding hydrogens is 206 g/mol. The zero-order chi connectivity index (χ0) is 11.3. The van der Waals surface area contributed by atoms with E-state index in [-0.39, 0.29) is 0 Å². The van der Waals surface area contributed by atoms with Crippen LogP contribution >= 0.6 is 0 Å². The van der Waals surface area contributed by atoms with Crippen LogP contribution < -0.4 is 0 Å². The molecule has 0 radical (unpaired) electrons. The summed E-state index contributed by atoms with van der Waals surface area (Å²) < 4.78 is 5.24. The Morgan fingerprint density at radius 3 is 2.88 bits per heavy atom. The van der Waals surface area contributed by atoms with Crippen molar-refractivity contribution in [2.75, 3.05) is 0 Å². The summed E-state index contributed by atoms with van der Waals surface area (Å²) in [6.45, 7) is 1.86. The predicted octanol–water partition coefficient (Wildman–Crippen LogP) is 2.25. The van der Waals surface area contributed by atoms with Crippen molar-refractivity contribution in [2.24, 2.45) is 0 Å². The molecule has 0 unspecified atom stereocenters. The number of rotatable bonds is 2. The zero-order valence-corrected chi connectivity index (χ0v) is 8.86. The quantitative estimate of drug-likeness (QED) is 0.837. The average Bonchev–Trinajstić information content (AvgIpc) is 3.00. The van der Waals surface area contributed by atoms with Crippen LogP contribution in [-0.2, 0) is 10.2 Å². The summed E-state index contributed by atoms with van der Waals surface area (Å²) in [5, 5.41) is 14.1. The minimum absolute atomic E-state index is 0.625. The molecule has 1 heterocycles. The average molecular weight is 217 g/mol. The van der Waals surface area contributed by atoms with Crippen LogP contribution in [0.5, 0.6) is 0 Å². The standard InChI is InChI=1S/C12H11NO3/c1-7-8-3-2-4-9(10(8)16-13-7)12(5-6-12)11(14)15/h2-4H,5-6H2,1H3,(H,14,15). The number of aliphatic carboxylic acids is 1. The smallest absolute Gasteiger partial charge is 0.314 e. The largest absolute Gasteiger partial charge is 0.481 e. The van der Waals surface area contributed by atoms with Crippen molar-refractivity contribution in [1.82, 2.24) is 5.16 Å². The summed E-state index contributed by atoms with van der Waals surface area (Å²) in [6.07, 6.45) is 1.36. The summed E-state index contributed by atoms with van der Waals surface area (Å²) in [7, 11) is 0. The topological polar surface area (TPSA) is 63.3 Å². The number of carboxylic acids is 1. The predicted molar refractivity (Wildman–Crippen MR) is 57.3 cm³/mol. The minimum Gasteiger partial charge on any atom is -0.481 e. The zero-order valence-electron chi connectivity index (χ0n) is 8.86. The molecule has 0 amide bonds. The lowest BCUT2D eigenvalue weighted by atomic mass is 9.94. The first-order chi connectivity index (χ1) is 7.65. The van der Waals surface area contributed by atoms with Gasteiger partial charge in [0, 0.05) is 10.9 Å². The molecule has 1 saturated carbocycles. The van der Waals surface area contributed by atoms with Gasteiger partial charge in [-0.1, -0.05) is 17.3 Å². The molecule has 1 N–H and O–H groups in total. The third-order valence-electron chi connectivity index (χ3n) is 3.35. The molecular formula is C12H11NO3. The van der Waals surface area contributed by atoms with Crippen molar-refractivity contribution < 1.29 is 14.4 Å². The van der Waals surface area contributed by atoms with Gasteiger partial charge in [-0.2, -0.15) is 0 Å². The lowest BCUT2D eigenvalue weighted by Gasteiger charge is -2.09. The van der Waals surface area contributed by atoms with Crippen molar-refractivity contribution in [3.05, 3.63) is 29.5 Å². The van der Waals surface area contributed by atoms with Crippen molar-refractivity contribution >= 4 is 16.9 Å². The highest BCUT2D eigenvalue weighted by Gasteiger charge is 2.53. The summed E-state index contributed by atoms with van der Waals surface area (Å²) in [5.74, 6) is -0.769. The van der Waals surface area contributed by atoms with Crippen LogP contribution in [-0.4, -0.2) is 16.2 Å². The lowest BCUT2D eigenvalue weighted by molar-refractivity contribution is -0.140. The van der Waals surface area contributed by atoms with Gasteiger partial charge in [0.1, 0.15) is 0 Å². The fraction of sp³-hybridized carbons (Fsp3) is 0.333. The molecule has 82 valence electrons. The Morgan fingerprint density at radius 2 is 2.25 bits per heavy atom. The van der Waals surface area contributed by atoms with Gasteiger partial charge in [0.25, 0.3) is 0 Å². The Labute approximate surface area is 91.9 Å². The van der Waals surface area contributed by atoms with Crippen molar-refractivity contribution in [1.29, 1.82) is 0 Å². The molecule has 1 aromatic heterocycles. The van der Waals surface area contributed by atoms with E-state index in [0.29, 0.717) is 18.4 Å². The first kappa shape index (κ1) is 9.39. The number of benzene rings is 1. The van der Waals surface area contributed by atoms with Gasteiger partial charge >= 0.3 is 5.97 Å². The SMILES string of the molecule is Cc1noc2c(C3(C(=O)O)CC3)cccc12. The van der Waals surface area contributed by atoms with E-state index in [1.54, 1.807) is 0 Å². The van der Waals surface area contributed by atoms with Crippen LogP contribution in [0.4, 0.5) is 0 Å². The molecule has 3 rings (SSSR count). The number of carbonyl (C=O) groups is 1. The van der Waals surface area contributed by atoms with Crippen LogP contribution in [0.25, 0.3) is 11.0 Å². The normalized spacial score (nSPS) is 17.6. The van der Waals surface area contributed by atoms with Gasteiger partial charge < -0.3 is 9.63 Å². The third kappa shape index (κ3) is 1.04. The minimum atomic E-state index is -0.769. The van der Waals surface area contributed by atoms with Crippen LogP contribution in [0.15, 0.2) is 22.7 Å². The Bertz CT molecular complexity index is 581. The highest BCUT2D eigenvalue weighted by molar-refractivity contribution is 5.92. The number of para-hydroxylation sites is 1. The van der Waals surface area contributed by atoms with Gasteiger partial charge in [0.15, 0.2) is 5.58 Å². The number of fused-ring (bicyclic) bond motifs is 1. The lowest BCUT2D eigenvalue weighted by Crippen LogP contribution is -2.19. The van der Waals surface area contributed by atoms with E-state index in [1.165, 1.54) is 0 Å². The number of hydrogen-bond acceptors (Lipinski definition) is 3. The number of carboxylic acid groups (broad SMARTS) is 1. The van der Waals surface area contributed by atoms with E-state index in [2.05, 4.69) is 5.16 Å². The molecule has 0 saturated heterocycles. The van der Waals surface area contributed by atoms with E-state index in [0.717, 1.165) is 16.6 Å². The second-order valence-electron chi connectivity index (χ2n) is 4.34. The van der Waals surface area contributed by atoms with E-state index < -0.39 is 11.4 Å². The first-order valence-corrected chi connectivity index (χ1v) is 5.24. The van der Waals surface area contributed by atoms with E-state index in [1.807, 2.05) is 25.1 Å². The van der Waals surface area contributed by atoms with Crippen LogP contribution in [0.2, 0.25) is 0 Å². The second-order valence-corrected chi connectivity index (χ2v) is 4.34. The summed E-state index contributed by atoms with van der Waals surface area (Å²) in [4.78, 5) is 11.3. The Morgan fingerprint density at radius 1 is 1.50 bits per heavy atom. The van der Waals surface area contributed by atoms with Crippen LogP contribution in [0, 0.1) is 6.92 Å². The Kier molecular flexibility index (Phi) is 1.67. The molecule has 0 atom stereocenters. The summed E-state index contributed by atoms with van der Waals surface area (Å²) in [6, 6.07) is 5.60. The van der Waals surface area contributed by atoms with Gasteiger partial charge in [-0.25, -0.2) is 0 Å². The van der Waals surface area contributed by atoms with E-state index >= 15 is 0 Å². The highest BCUT2D eigenvalue weighted by Crippen LogP contribution is 2.50. The number of aryl methyl sites for hydroxylation is 1. The van der Waals surface area contributed by atoms with E-state index in [9.17, 15) is 9.90 Å². The highest BCUT2D eigenvalue weighted by atomic mass is 16.5.